The number of nitro groups is 1. The number of halogens is 1. The zero-order valence-electron chi connectivity index (χ0n) is 11.5. The molecule has 0 aliphatic carbocycles. The standard InChI is InChI=1S/C14H19BrN2O3/c1-2-10-8-16(7-6-13(10)18)9-11-4-3-5-12(14(11)15)17(19)20/h3-5,10,13,18H,2,6-9H2,1H3. The van der Waals surface area contributed by atoms with Crippen molar-refractivity contribution >= 4 is 21.6 Å². The van der Waals surface area contributed by atoms with E-state index in [-0.39, 0.29) is 16.7 Å². The van der Waals surface area contributed by atoms with Crippen LogP contribution in [0.25, 0.3) is 0 Å². The largest absolute Gasteiger partial charge is 0.393 e. The molecule has 0 bridgehead atoms. The minimum absolute atomic E-state index is 0.103. The van der Waals surface area contributed by atoms with E-state index in [1.807, 2.05) is 6.07 Å². The molecule has 5 nitrogen and oxygen atoms in total. The Morgan fingerprint density at radius 1 is 1.55 bits per heavy atom. The first kappa shape index (κ1) is 15.4. The number of hydrogen-bond donors (Lipinski definition) is 1. The molecule has 1 fully saturated rings. The summed E-state index contributed by atoms with van der Waals surface area (Å²) in [4.78, 5) is 12.8. The lowest BCUT2D eigenvalue weighted by Crippen LogP contribution is -2.42. The van der Waals surface area contributed by atoms with E-state index < -0.39 is 0 Å². The summed E-state index contributed by atoms with van der Waals surface area (Å²) in [6.45, 7) is 4.42. The van der Waals surface area contributed by atoms with Crippen LogP contribution < -0.4 is 0 Å². The van der Waals surface area contributed by atoms with Crippen molar-refractivity contribution < 1.29 is 10.0 Å². The van der Waals surface area contributed by atoms with Crippen LogP contribution in [0.1, 0.15) is 25.3 Å². The molecular weight excluding hydrogens is 324 g/mol. The number of hydrogen-bond acceptors (Lipinski definition) is 4. The Bertz CT molecular complexity index is 495. The molecule has 6 heteroatoms. The fraction of sp³-hybridized carbons (Fsp3) is 0.571. The zero-order valence-corrected chi connectivity index (χ0v) is 13.0. The van der Waals surface area contributed by atoms with E-state index in [1.165, 1.54) is 6.07 Å². The summed E-state index contributed by atoms with van der Waals surface area (Å²) in [7, 11) is 0. The normalized spacial score (nSPS) is 23.8. The van der Waals surface area contributed by atoms with Crippen LogP contribution in [0.4, 0.5) is 5.69 Å². The van der Waals surface area contributed by atoms with Crippen LogP contribution in [0.3, 0.4) is 0 Å². The van der Waals surface area contributed by atoms with E-state index in [0.29, 0.717) is 16.9 Å². The Kier molecular flexibility index (Phi) is 5.12. The lowest BCUT2D eigenvalue weighted by atomic mass is 9.92. The fourth-order valence-corrected chi connectivity index (χ4v) is 3.24. The number of nitrogens with zero attached hydrogens (tertiary/aromatic N) is 2. The fourth-order valence-electron chi connectivity index (χ4n) is 2.71. The van der Waals surface area contributed by atoms with Crippen LogP contribution in [0, 0.1) is 16.0 Å². The number of aliphatic hydroxyl groups is 1. The molecule has 110 valence electrons. The number of likely N-dealkylation sites (tertiary alicyclic amines) is 1. The lowest BCUT2D eigenvalue weighted by molar-refractivity contribution is -0.385. The molecule has 1 heterocycles. The second-order valence-electron chi connectivity index (χ2n) is 5.27. The first-order valence-electron chi connectivity index (χ1n) is 6.85. The summed E-state index contributed by atoms with van der Waals surface area (Å²) in [6, 6.07) is 5.12. The van der Waals surface area contributed by atoms with Crippen LogP contribution in [0.2, 0.25) is 0 Å². The van der Waals surface area contributed by atoms with Gasteiger partial charge in [0.05, 0.1) is 15.5 Å². The van der Waals surface area contributed by atoms with E-state index in [9.17, 15) is 15.2 Å². The Hall–Kier alpha value is -0.980. The molecular formula is C14H19BrN2O3. The van der Waals surface area contributed by atoms with E-state index in [1.54, 1.807) is 6.07 Å². The van der Waals surface area contributed by atoms with Gasteiger partial charge in [-0.1, -0.05) is 19.1 Å². The van der Waals surface area contributed by atoms with Crippen molar-refractivity contribution in [2.24, 2.45) is 5.92 Å². The van der Waals surface area contributed by atoms with Gasteiger partial charge in [0.25, 0.3) is 5.69 Å². The molecule has 1 saturated heterocycles. The average molecular weight is 343 g/mol. The Morgan fingerprint density at radius 3 is 2.95 bits per heavy atom. The molecule has 0 spiro atoms. The second kappa shape index (κ2) is 6.65. The molecule has 2 unspecified atom stereocenters. The minimum atomic E-state index is -0.373. The van der Waals surface area contributed by atoms with Crippen molar-refractivity contribution in [2.45, 2.75) is 32.4 Å². The summed E-state index contributed by atoms with van der Waals surface area (Å²) in [5.41, 5.74) is 1.03. The van der Waals surface area contributed by atoms with Crippen LogP contribution >= 0.6 is 15.9 Å². The van der Waals surface area contributed by atoms with Gasteiger partial charge in [0.2, 0.25) is 0 Å². The Balaban J connectivity index is 2.11. The monoisotopic (exact) mass is 342 g/mol. The van der Waals surface area contributed by atoms with Gasteiger partial charge in [-0.15, -0.1) is 0 Å². The number of nitro benzene ring substituents is 1. The van der Waals surface area contributed by atoms with Gasteiger partial charge in [0, 0.05) is 25.7 Å². The highest BCUT2D eigenvalue weighted by molar-refractivity contribution is 9.10. The summed E-state index contributed by atoms with van der Waals surface area (Å²) >= 11 is 3.33. The molecule has 2 atom stereocenters. The predicted molar refractivity (Wildman–Crippen MR) is 80.5 cm³/mol. The SMILES string of the molecule is CCC1CN(Cc2cccc([N+](=O)[O-])c2Br)CCC1O. The third-order valence-corrected chi connectivity index (χ3v) is 4.87. The minimum Gasteiger partial charge on any atom is -0.393 e. The maximum atomic E-state index is 10.9. The molecule has 20 heavy (non-hydrogen) atoms. The summed E-state index contributed by atoms with van der Waals surface area (Å²) in [5, 5.41) is 20.8. The van der Waals surface area contributed by atoms with Crippen molar-refractivity contribution in [3.05, 3.63) is 38.3 Å². The van der Waals surface area contributed by atoms with Gasteiger partial charge in [-0.3, -0.25) is 15.0 Å². The van der Waals surface area contributed by atoms with Crippen LogP contribution in [0.5, 0.6) is 0 Å². The van der Waals surface area contributed by atoms with Crippen LogP contribution in [-0.4, -0.2) is 34.1 Å². The summed E-state index contributed by atoms with van der Waals surface area (Å²) < 4.78 is 0.559. The molecule has 1 aliphatic heterocycles. The smallest absolute Gasteiger partial charge is 0.283 e. The van der Waals surface area contributed by atoms with Crippen molar-refractivity contribution in [1.29, 1.82) is 0 Å². The van der Waals surface area contributed by atoms with E-state index >= 15 is 0 Å². The van der Waals surface area contributed by atoms with Crippen molar-refractivity contribution in [1.82, 2.24) is 4.90 Å². The average Bonchev–Trinajstić information content (AvgIpc) is 2.42. The maximum Gasteiger partial charge on any atom is 0.283 e. The molecule has 0 saturated carbocycles. The highest BCUT2D eigenvalue weighted by Gasteiger charge is 2.27. The number of rotatable bonds is 4. The highest BCUT2D eigenvalue weighted by Crippen LogP contribution is 2.30. The number of piperidine rings is 1. The molecule has 1 aliphatic rings. The number of aliphatic hydroxyl groups excluding tert-OH is 1. The maximum absolute atomic E-state index is 10.9. The van der Waals surface area contributed by atoms with Crippen LogP contribution in [0.15, 0.2) is 22.7 Å². The van der Waals surface area contributed by atoms with Crippen molar-refractivity contribution in [2.75, 3.05) is 13.1 Å². The summed E-state index contributed by atoms with van der Waals surface area (Å²) in [5.74, 6) is 0.293. The molecule has 0 amide bonds. The van der Waals surface area contributed by atoms with E-state index in [4.69, 9.17) is 0 Å². The van der Waals surface area contributed by atoms with Gasteiger partial charge in [-0.25, -0.2) is 0 Å². The Morgan fingerprint density at radius 2 is 2.30 bits per heavy atom. The van der Waals surface area contributed by atoms with E-state index in [2.05, 4.69) is 27.8 Å². The van der Waals surface area contributed by atoms with Gasteiger partial charge in [0.15, 0.2) is 0 Å². The van der Waals surface area contributed by atoms with Crippen LogP contribution in [-0.2, 0) is 6.54 Å². The van der Waals surface area contributed by atoms with Crippen molar-refractivity contribution in [3.8, 4) is 0 Å². The second-order valence-corrected chi connectivity index (χ2v) is 6.06. The molecule has 2 rings (SSSR count). The third-order valence-electron chi connectivity index (χ3n) is 3.95. The van der Waals surface area contributed by atoms with Gasteiger partial charge in [-0.2, -0.15) is 0 Å². The highest BCUT2D eigenvalue weighted by atomic mass is 79.9. The molecule has 1 N–H and O–H groups in total. The van der Waals surface area contributed by atoms with Gasteiger partial charge >= 0.3 is 0 Å². The quantitative estimate of drug-likeness (QED) is 0.674. The lowest BCUT2D eigenvalue weighted by Gasteiger charge is -2.35. The first-order chi connectivity index (χ1) is 9.52. The molecule has 1 aromatic carbocycles. The van der Waals surface area contributed by atoms with Gasteiger partial charge < -0.3 is 5.11 Å². The van der Waals surface area contributed by atoms with E-state index in [0.717, 1.165) is 31.5 Å². The predicted octanol–water partition coefficient (Wildman–Crippen LogP) is 2.95. The Labute approximate surface area is 126 Å². The third kappa shape index (κ3) is 3.37. The van der Waals surface area contributed by atoms with Gasteiger partial charge in [-0.05, 0) is 40.3 Å². The molecule has 0 aromatic heterocycles. The topological polar surface area (TPSA) is 66.6 Å². The molecule has 1 aromatic rings. The number of benzene rings is 1. The first-order valence-corrected chi connectivity index (χ1v) is 7.64. The zero-order chi connectivity index (χ0) is 14.7. The van der Waals surface area contributed by atoms with Gasteiger partial charge in [0.1, 0.15) is 0 Å². The molecule has 0 radical (unpaired) electrons. The summed E-state index contributed by atoms with van der Waals surface area (Å²) in [6.07, 6.45) is 1.50. The van der Waals surface area contributed by atoms with Crippen molar-refractivity contribution in [3.63, 3.8) is 0 Å².